The minimum atomic E-state index is -3.88. The van der Waals surface area contributed by atoms with Crippen molar-refractivity contribution in [3.05, 3.63) is 88.6 Å². The van der Waals surface area contributed by atoms with Gasteiger partial charge in [-0.3, -0.25) is 0 Å². The lowest BCUT2D eigenvalue weighted by Crippen LogP contribution is -2.29. The number of rotatable bonds is 6. The molecule has 142 valence electrons. The predicted octanol–water partition coefficient (Wildman–Crippen LogP) is 2.93. The van der Waals surface area contributed by atoms with E-state index in [0.717, 1.165) is 4.88 Å². The van der Waals surface area contributed by atoms with Crippen molar-refractivity contribution in [2.45, 2.75) is 10.9 Å². The summed E-state index contributed by atoms with van der Waals surface area (Å²) < 4.78 is 43.5. The quantitative estimate of drug-likeness (QED) is 0.523. The number of hydrogen-bond donors (Lipinski definition) is 1. The Balaban J connectivity index is 1.70. The fourth-order valence-corrected chi connectivity index (χ4v) is 4.82. The molecule has 4 aromatic rings. The molecule has 0 bridgehead atoms. The minimum Gasteiger partial charge on any atom is -0.207 e. The highest BCUT2D eigenvalue weighted by molar-refractivity contribution is 7.89. The first-order valence-electron chi connectivity index (χ1n) is 8.17. The zero-order chi connectivity index (χ0) is 19.6. The topological polar surface area (TPSA) is 89.8 Å². The van der Waals surface area contributed by atoms with Crippen LogP contribution in [0.1, 0.15) is 16.5 Å². The number of hydrogen-bond acceptors (Lipinski definition) is 6. The van der Waals surface area contributed by atoms with Crippen LogP contribution in [0.3, 0.4) is 0 Å². The number of thiophene rings is 1. The number of sulfonamides is 1. The summed E-state index contributed by atoms with van der Waals surface area (Å²) in [6.07, 6.45) is 1.38. The molecule has 2 aromatic heterocycles. The molecule has 1 N–H and O–H groups in total. The van der Waals surface area contributed by atoms with Crippen LogP contribution in [0.4, 0.5) is 4.39 Å². The zero-order valence-corrected chi connectivity index (χ0v) is 15.9. The Morgan fingerprint density at radius 3 is 2.57 bits per heavy atom. The van der Waals surface area contributed by atoms with Gasteiger partial charge in [-0.1, -0.05) is 24.3 Å². The molecule has 0 radical (unpaired) electrons. The van der Waals surface area contributed by atoms with E-state index in [4.69, 9.17) is 0 Å². The lowest BCUT2D eigenvalue weighted by atomic mass is 10.1. The standard InChI is InChI=1S/C18H14FN5O2S2/c19-14-8-6-13(7-9-14)18(17-5-2-10-27-17)21-28(25,26)16-4-1-3-15(11-16)24-12-20-22-23-24/h1-12,18,21H. The van der Waals surface area contributed by atoms with E-state index in [0.29, 0.717) is 11.3 Å². The molecule has 28 heavy (non-hydrogen) atoms. The summed E-state index contributed by atoms with van der Waals surface area (Å²) in [6, 6.07) is 15.1. The first-order valence-corrected chi connectivity index (χ1v) is 10.5. The molecular weight excluding hydrogens is 401 g/mol. The second-order valence-corrected chi connectivity index (χ2v) is 8.57. The monoisotopic (exact) mass is 415 g/mol. The summed E-state index contributed by atoms with van der Waals surface area (Å²) in [6.45, 7) is 0. The summed E-state index contributed by atoms with van der Waals surface area (Å²) in [4.78, 5) is 0.871. The maximum Gasteiger partial charge on any atom is 0.241 e. The van der Waals surface area contributed by atoms with Crippen molar-refractivity contribution in [2.75, 3.05) is 0 Å². The van der Waals surface area contributed by atoms with Crippen molar-refractivity contribution in [1.82, 2.24) is 24.9 Å². The van der Waals surface area contributed by atoms with Gasteiger partial charge in [0.05, 0.1) is 16.6 Å². The number of tetrazole rings is 1. The predicted molar refractivity (Wildman–Crippen MR) is 102 cm³/mol. The van der Waals surface area contributed by atoms with Crippen LogP contribution in [0.25, 0.3) is 5.69 Å². The van der Waals surface area contributed by atoms with Crippen LogP contribution in [0.5, 0.6) is 0 Å². The largest absolute Gasteiger partial charge is 0.241 e. The van der Waals surface area contributed by atoms with Gasteiger partial charge in [-0.05, 0) is 57.8 Å². The van der Waals surface area contributed by atoms with Gasteiger partial charge in [0.1, 0.15) is 12.1 Å². The Bertz CT molecular complexity index is 1160. The lowest BCUT2D eigenvalue weighted by Gasteiger charge is -2.18. The van der Waals surface area contributed by atoms with Crippen molar-refractivity contribution < 1.29 is 12.8 Å². The van der Waals surface area contributed by atoms with Crippen molar-refractivity contribution in [3.8, 4) is 5.69 Å². The summed E-state index contributed by atoms with van der Waals surface area (Å²) in [5, 5.41) is 12.7. The number of benzene rings is 2. The number of nitrogens with one attached hydrogen (secondary N) is 1. The summed E-state index contributed by atoms with van der Waals surface area (Å²) in [5.41, 5.74) is 1.16. The molecule has 0 aliphatic carbocycles. The molecule has 0 saturated heterocycles. The summed E-state index contributed by atoms with van der Waals surface area (Å²) in [5.74, 6) is -0.384. The van der Waals surface area contributed by atoms with Crippen LogP contribution in [-0.2, 0) is 10.0 Å². The Morgan fingerprint density at radius 1 is 1.07 bits per heavy atom. The van der Waals surface area contributed by atoms with Gasteiger partial charge in [0.25, 0.3) is 0 Å². The molecule has 10 heteroatoms. The van der Waals surface area contributed by atoms with Gasteiger partial charge in [-0.15, -0.1) is 16.4 Å². The van der Waals surface area contributed by atoms with Crippen molar-refractivity contribution in [1.29, 1.82) is 0 Å². The summed E-state index contributed by atoms with van der Waals surface area (Å²) in [7, 11) is -3.88. The third-order valence-corrected chi connectivity index (χ3v) is 6.40. The van der Waals surface area contributed by atoms with Crippen LogP contribution in [0.15, 0.2) is 77.3 Å². The second kappa shape index (κ2) is 7.58. The molecule has 7 nitrogen and oxygen atoms in total. The van der Waals surface area contributed by atoms with Crippen LogP contribution in [0, 0.1) is 5.82 Å². The van der Waals surface area contributed by atoms with Crippen molar-refractivity contribution in [2.24, 2.45) is 0 Å². The van der Waals surface area contributed by atoms with Crippen LogP contribution < -0.4 is 4.72 Å². The van der Waals surface area contributed by atoms with Crippen molar-refractivity contribution >= 4 is 21.4 Å². The Kier molecular flexibility index (Phi) is 4.99. The molecule has 4 rings (SSSR count). The van der Waals surface area contributed by atoms with Gasteiger partial charge < -0.3 is 0 Å². The molecule has 0 aliphatic heterocycles. The van der Waals surface area contributed by atoms with E-state index < -0.39 is 16.1 Å². The highest BCUT2D eigenvalue weighted by Crippen LogP contribution is 2.28. The molecule has 0 fully saturated rings. The first kappa shape index (κ1) is 18.4. The van der Waals surface area contributed by atoms with E-state index in [1.807, 2.05) is 17.5 Å². The SMILES string of the molecule is O=S(=O)(NC(c1ccc(F)cc1)c1cccs1)c1cccc(-n2cnnn2)c1. The van der Waals surface area contributed by atoms with E-state index in [-0.39, 0.29) is 10.7 Å². The molecule has 0 saturated carbocycles. The fraction of sp³-hybridized carbons (Fsp3) is 0.0556. The average Bonchev–Trinajstić information content (AvgIpc) is 3.41. The normalized spacial score (nSPS) is 12.8. The van der Waals surface area contributed by atoms with Crippen LogP contribution in [-0.4, -0.2) is 28.6 Å². The average molecular weight is 415 g/mol. The molecular formula is C18H14FN5O2S2. The van der Waals surface area contributed by atoms with Crippen molar-refractivity contribution in [3.63, 3.8) is 0 Å². The van der Waals surface area contributed by atoms with Gasteiger partial charge in [0.15, 0.2) is 0 Å². The molecule has 1 atom stereocenters. The van der Waals surface area contributed by atoms with E-state index in [9.17, 15) is 12.8 Å². The van der Waals surface area contributed by atoms with E-state index >= 15 is 0 Å². The highest BCUT2D eigenvalue weighted by Gasteiger charge is 2.24. The van der Waals surface area contributed by atoms with Crippen LogP contribution >= 0.6 is 11.3 Å². The van der Waals surface area contributed by atoms with Gasteiger partial charge in [0.2, 0.25) is 10.0 Å². The minimum absolute atomic E-state index is 0.0733. The van der Waals surface area contributed by atoms with Gasteiger partial charge in [-0.2, -0.15) is 4.72 Å². The third-order valence-electron chi connectivity index (χ3n) is 4.05. The number of nitrogens with zero attached hydrogens (tertiary/aromatic N) is 4. The smallest absolute Gasteiger partial charge is 0.207 e. The zero-order valence-electron chi connectivity index (χ0n) is 14.3. The Morgan fingerprint density at radius 2 is 1.89 bits per heavy atom. The lowest BCUT2D eigenvalue weighted by molar-refractivity contribution is 0.572. The van der Waals surface area contributed by atoms with E-state index in [1.54, 1.807) is 24.3 Å². The Labute approximate surface area is 164 Å². The number of halogens is 1. The maximum atomic E-state index is 13.3. The third kappa shape index (κ3) is 3.84. The molecule has 0 amide bonds. The molecule has 1 unspecified atom stereocenters. The van der Waals surface area contributed by atoms with Gasteiger partial charge in [0, 0.05) is 4.88 Å². The highest BCUT2D eigenvalue weighted by atomic mass is 32.2. The van der Waals surface area contributed by atoms with Gasteiger partial charge >= 0.3 is 0 Å². The Hall–Kier alpha value is -2.95. The summed E-state index contributed by atoms with van der Waals surface area (Å²) >= 11 is 1.42. The molecule has 2 heterocycles. The molecule has 0 aliphatic rings. The molecule has 2 aromatic carbocycles. The van der Waals surface area contributed by atoms with Gasteiger partial charge in [-0.25, -0.2) is 17.5 Å². The fourth-order valence-electron chi connectivity index (χ4n) is 2.70. The van der Waals surface area contributed by atoms with E-state index in [1.165, 1.54) is 46.6 Å². The second-order valence-electron chi connectivity index (χ2n) is 5.87. The first-order chi connectivity index (χ1) is 13.5. The van der Waals surface area contributed by atoms with E-state index in [2.05, 4.69) is 20.2 Å². The van der Waals surface area contributed by atoms with Crippen LogP contribution in [0.2, 0.25) is 0 Å². The molecule has 0 spiro atoms. The number of aromatic nitrogens is 4. The maximum absolute atomic E-state index is 13.3.